The Bertz CT molecular complexity index is 532. The lowest BCUT2D eigenvalue weighted by atomic mass is 9.82. The zero-order valence-electron chi connectivity index (χ0n) is 12.1. The first kappa shape index (κ1) is 15.1. The third-order valence-corrected chi connectivity index (χ3v) is 5.21. The average molecular weight is 326 g/mol. The van der Waals surface area contributed by atoms with Crippen LogP contribution in [0.2, 0.25) is 0 Å². The van der Waals surface area contributed by atoms with Gasteiger partial charge in [0.25, 0.3) is 11.8 Å². The van der Waals surface area contributed by atoms with Gasteiger partial charge in [0.1, 0.15) is 12.1 Å². The third kappa shape index (κ3) is 2.65. The Morgan fingerprint density at radius 1 is 1.23 bits per heavy atom. The van der Waals surface area contributed by atoms with E-state index in [9.17, 15) is 19.2 Å². The summed E-state index contributed by atoms with van der Waals surface area (Å²) in [6.45, 7) is -0.143. The molecule has 0 aromatic rings. The molecule has 9 heteroatoms. The van der Waals surface area contributed by atoms with Crippen LogP contribution in [0.3, 0.4) is 0 Å². The Kier molecular flexibility index (Phi) is 3.98. The van der Waals surface area contributed by atoms with E-state index < -0.39 is 23.4 Å². The molecule has 22 heavy (non-hydrogen) atoms. The lowest BCUT2D eigenvalue weighted by Gasteiger charge is -2.30. The summed E-state index contributed by atoms with van der Waals surface area (Å²) < 4.78 is 0. The van der Waals surface area contributed by atoms with Crippen LogP contribution in [0.4, 0.5) is 4.79 Å². The van der Waals surface area contributed by atoms with Crippen molar-refractivity contribution in [1.82, 2.24) is 20.7 Å². The minimum atomic E-state index is -0.859. The Labute approximate surface area is 131 Å². The third-order valence-electron chi connectivity index (χ3n) is 4.27. The van der Waals surface area contributed by atoms with E-state index in [1.54, 1.807) is 0 Å². The van der Waals surface area contributed by atoms with Crippen LogP contribution < -0.4 is 10.7 Å². The van der Waals surface area contributed by atoms with Gasteiger partial charge in [-0.05, 0) is 12.8 Å². The second-order valence-electron chi connectivity index (χ2n) is 5.82. The van der Waals surface area contributed by atoms with Crippen molar-refractivity contribution >= 4 is 35.5 Å². The average Bonchev–Trinajstić information content (AvgIpc) is 2.98. The van der Waals surface area contributed by atoms with Crippen molar-refractivity contribution in [2.75, 3.05) is 18.2 Å². The normalized spacial score (nSPS) is 24.1. The van der Waals surface area contributed by atoms with Crippen LogP contribution >= 0.6 is 11.8 Å². The van der Waals surface area contributed by atoms with Gasteiger partial charge in [-0.3, -0.25) is 19.8 Å². The number of carbonyl (C=O) groups excluding carboxylic acids is 4. The number of hydrogen-bond acceptors (Lipinski definition) is 5. The summed E-state index contributed by atoms with van der Waals surface area (Å²) in [5, 5.41) is 3.48. The molecule has 3 rings (SSSR count). The minimum absolute atomic E-state index is 0.110. The van der Waals surface area contributed by atoms with E-state index in [0.717, 1.165) is 24.3 Å². The smallest absolute Gasteiger partial charge is 0.323 e. The van der Waals surface area contributed by atoms with Crippen molar-refractivity contribution < 1.29 is 19.2 Å². The molecule has 2 N–H and O–H groups in total. The van der Waals surface area contributed by atoms with Gasteiger partial charge in [0.05, 0.1) is 11.6 Å². The highest BCUT2D eigenvalue weighted by atomic mass is 32.2. The number of hydrogen-bond donors (Lipinski definition) is 2. The zero-order chi connectivity index (χ0) is 15.7. The molecular weight excluding hydrogens is 308 g/mol. The van der Waals surface area contributed by atoms with Crippen LogP contribution in [0.15, 0.2) is 0 Å². The summed E-state index contributed by atoms with van der Waals surface area (Å²) in [7, 11) is 0. The van der Waals surface area contributed by atoms with E-state index in [4.69, 9.17) is 0 Å². The molecule has 0 bridgehead atoms. The van der Waals surface area contributed by atoms with E-state index in [-0.39, 0.29) is 12.5 Å². The predicted molar refractivity (Wildman–Crippen MR) is 78.4 cm³/mol. The topological polar surface area (TPSA) is 98.8 Å². The maximum absolute atomic E-state index is 12.5. The van der Waals surface area contributed by atoms with Crippen molar-refractivity contribution in [2.24, 2.45) is 0 Å². The lowest BCUT2D eigenvalue weighted by Crippen LogP contribution is -2.52. The highest BCUT2D eigenvalue weighted by Gasteiger charge is 2.52. The van der Waals surface area contributed by atoms with Crippen molar-refractivity contribution in [1.29, 1.82) is 0 Å². The predicted octanol–water partition coefficient (Wildman–Crippen LogP) is -0.195. The molecule has 2 saturated heterocycles. The number of rotatable bonds is 3. The van der Waals surface area contributed by atoms with E-state index in [0.29, 0.717) is 24.5 Å². The molecule has 8 nitrogen and oxygen atoms in total. The Morgan fingerprint density at radius 3 is 2.59 bits per heavy atom. The molecule has 1 saturated carbocycles. The van der Waals surface area contributed by atoms with E-state index in [1.165, 1.54) is 16.7 Å². The standard InChI is InChI=1S/C13H18N4O4S/c18-9(6-16-8-22-7-10(16)19)15-17-11(20)13(14-12(17)21)4-2-1-3-5-13/h1-8H2,(H,14,21)(H,15,18). The minimum Gasteiger partial charge on any atom is -0.323 e. The zero-order valence-corrected chi connectivity index (χ0v) is 12.9. The van der Waals surface area contributed by atoms with Crippen LogP contribution in [0.25, 0.3) is 0 Å². The molecule has 2 aliphatic heterocycles. The molecule has 0 aromatic heterocycles. The first-order valence-electron chi connectivity index (χ1n) is 7.33. The molecule has 1 spiro atoms. The van der Waals surface area contributed by atoms with Crippen LogP contribution in [-0.4, -0.2) is 57.4 Å². The fraction of sp³-hybridized carbons (Fsp3) is 0.692. The SMILES string of the molecule is O=C(CN1CSCC1=O)NN1C(=O)NC2(CCCCC2)C1=O. The Hall–Kier alpha value is -1.77. The second-order valence-corrected chi connectivity index (χ2v) is 6.77. The number of thioether (sulfide) groups is 1. The molecule has 0 radical (unpaired) electrons. The summed E-state index contributed by atoms with van der Waals surface area (Å²) in [5.74, 6) is -0.225. The maximum atomic E-state index is 12.5. The first-order valence-corrected chi connectivity index (χ1v) is 8.49. The molecule has 2 heterocycles. The van der Waals surface area contributed by atoms with Gasteiger partial charge < -0.3 is 10.2 Å². The summed E-state index contributed by atoms with van der Waals surface area (Å²) >= 11 is 1.43. The van der Waals surface area contributed by atoms with E-state index in [1.807, 2.05) is 0 Å². The van der Waals surface area contributed by atoms with E-state index >= 15 is 0 Å². The fourth-order valence-corrected chi connectivity index (χ4v) is 3.99. The number of hydrazine groups is 1. The molecule has 3 aliphatic rings. The molecule has 0 unspecified atom stereocenters. The highest BCUT2D eigenvalue weighted by molar-refractivity contribution is 8.00. The Balaban J connectivity index is 1.62. The fourth-order valence-electron chi connectivity index (χ4n) is 3.09. The molecule has 0 atom stereocenters. The summed E-state index contributed by atoms with van der Waals surface area (Å²) in [5.41, 5.74) is 1.47. The number of nitrogens with zero attached hydrogens (tertiary/aromatic N) is 2. The number of carbonyl (C=O) groups is 4. The Morgan fingerprint density at radius 2 is 1.95 bits per heavy atom. The van der Waals surface area contributed by atoms with Gasteiger partial charge in [-0.25, -0.2) is 4.79 Å². The van der Waals surface area contributed by atoms with Crippen molar-refractivity contribution in [3.8, 4) is 0 Å². The number of imide groups is 1. The van der Waals surface area contributed by atoms with Gasteiger partial charge >= 0.3 is 6.03 Å². The molecule has 1 aliphatic carbocycles. The van der Waals surface area contributed by atoms with Crippen LogP contribution in [-0.2, 0) is 14.4 Å². The summed E-state index contributed by atoms with van der Waals surface area (Å²) in [6, 6.07) is -0.595. The molecule has 120 valence electrons. The van der Waals surface area contributed by atoms with E-state index in [2.05, 4.69) is 10.7 Å². The van der Waals surface area contributed by atoms with Crippen LogP contribution in [0, 0.1) is 0 Å². The summed E-state index contributed by atoms with van der Waals surface area (Å²) in [6.07, 6.45) is 4.02. The highest BCUT2D eigenvalue weighted by Crippen LogP contribution is 2.32. The molecule has 0 aromatic carbocycles. The van der Waals surface area contributed by atoms with Crippen molar-refractivity contribution in [3.63, 3.8) is 0 Å². The maximum Gasteiger partial charge on any atom is 0.344 e. The molecule has 5 amide bonds. The molecular formula is C13H18N4O4S. The second kappa shape index (κ2) is 5.79. The van der Waals surface area contributed by atoms with Gasteiger partial charge in [-0.1, -0.05) is 19.3 Å². The van der Waals surface area contributed by atoms with Crippen molar-refractivity contribution in [2.45, 2.75) is 37.6 Å². The quantitative estimate of drug-likeness (QED) is 0.700. The van der Waals surface area contributed by atoms with Gasteiger partial charge in [0, 0.05) is 0 Å². The summed E-state index contributed by atoms with van der Waals surface area (Å²) in [4.78, 5) is 49.3. The number of urea groups is 1. The monoisotopic (exact) mass is 326 g/mol. The lowest BCUT2D eigenvalue weighted by molar-refractivity contribution is -0.141. The van der Waals surface area contributed by atoms with Gasteiger partial charge in [-0.15, -0.1) is 11.8 Å². The van der Waals surface area contributed by atoms with Gasteiger partial charge in [-0.2, -0.15) is 5.01 Å². The van der Waals surface area contributed by atoms with Gasteiger partial charge in [0.2, 0.25) is 5.91 Å². The van der Waals surface area contributed by atoms with Gasteiger partial charge in [0.15, 0.2) is 0 Å². The van der Waals surface area contributed by atoms with Crippen LogP contribution in [0.5, 0.6) is 0 Å². The van der Waals surface area contributed by atoms with Crippen molar-refractivity contribution in [3.05, 3.63) is 0 Å². The number of nitrogens with one attached hydrogen (secondary N) is 2. The molecule has 3 fully saturated rings. The van der Waals surface area contributed by atoms with Crippen LogP contribution in [0.1, 0.15) is 32.1 Å². The first-order chi connectivity index (χ1) is 10.5. The largest absolute Gasteiger partial charge is 0.344 e. The number of amides is 5.